The molecule has 41 valence electrons. The lowest BCUT2D eigenvalue weighted by molar-refractivity contribution is 0.281. The SMILES string of the molecule is FC1[CH]CCCN1. The molecule has 1 unspecified atom stereocenters. The van der Waals surface area contributed by atoms with Crippen molar-refractivity contribution in [1.82, 2.24) is 5.32 Å². The zero-order chi connectivity index (χ0) is 5.11. The van der Waals surface area contributed by atoms with E-state index in [4.69, 9.17) is 0 Å². The Bertz CT molecular complexity index is 50.0. The summed E-state index contributed by atoms with van der Waals surface area (Å²) in [6.45, 7) is 0.831. The van der Waals surface area contributed by atoms with Gasteiger partial charge in [-0.2, -0.15) is 0 Å². The Hall–Kier alpha value is -0.110. The molecule has 1 saturated heterocycles. The van der Waals surface area contributed by atoms with Gasteiger partial charge in [-0.15, -0.1) is 0 Å². The Labute approximate surface area is 42.9 Å². The third-order valence-corrected chi connectivity index (χ3v) is 1.09. The van der Waals surface area contributed by atoms with E-state index in [0.29, 0.717) is 0 Å². The van der Waals surface area contributed by atoms with Gasteiger partial charge in [0.2, 0.25) is 0 Å². The Morgan fingerprint density at radius 2 is 2.57 bits per heavy atom. The van der Waals surface area contributed by atoms with Crippen molar-refractivity contribution in [2.45, 2.75) is 19.1 Å². The van der Waals surface area contributed by atoms with E-state index in [0.717, 1.165) is 19.4 Å². The number of nitrogens with one attached hydrogen (secondary N) is 1. The van der Waals surface area contributed by atoms with Crippen molar-refractivity contribution in [2.75, 3.05) is 6.54 Å². The molecular weight excluding hydrogens is 93.1 g/mol. The Balaban J connectivity index is 2.12. The molecule has 0 aromatic rings. The van der Waals surface area contributed by atoms with Crippen LogP contribution in [0, 0.1) is 6.42 Å². The first-order chi connectivity index (χ1) is 3.39. The van der Waals surface area contributed by atoms with Crippen LogP contribution in [0.3, 0.4) is 0 Å². The van der Waals surface area contributed by atoms with Crippen molar-refractivity contribution >= 4 is 0 Å². The summed E-state index contributed by atoms with van der Waals surface area (Å²) < 4.78 is 12.0. The molecule has 7 heavy (non-hydrogen) atoms. The second-order valence-corrected chi connectivity index (χ2v) is 1.73. The van der Waals surface area contributed by atoms with Gasteiger partial charge in [-0.05, 0) is 19.4 Å². The molecule has 1 aliphatic heterocycles. The van der Waals surface area contributed by atoms with Crippen molar-refractivity contribution in [3.8, 4) is 0 Å². The molecule has 0 aliphatic carbocycles. The van der Waals surface area contributed by atoms with E-state index < -0.39 is 6.30 Å². The molecule has 0 aromatic carbocycles. The van der Waals surface area contributed by atoms with Crippen LogP contribution < -0.4 is 5.32 Å². The minimum Gasteiger partial charge on any atom is -0.288 e. The van der Waals surface area contributed by atoms with Crippen LogP contribution in [-0.2, 0) is 0 Å². The molecule has 1 fully saturated rings. The average Bonchev–Trinajstić information content (AvgIpc) is 1.69. The van der Waals surface area contributed by atoms with E-state index in [1.54, 1.807) is 6.42 Å². The maximum Gasteiger partial charge on any atom is 0.154 e. The molecule has 1 nitrogen and oxygen atoms in total. The van der Waals surface area contributed by atoms with Gasteiger partial charge in [-0.3, -0.25) is 5.32 Å². The van der Waals surface area contributed by atoms with E-state index in [1.807, 2.05) is 0 Å². The molecule has 0 aromatic heterocycles. The number of hydrogen-bond acceptors (Lipinski definition) is 1. The third kappa shape index (κ3) is 1.43. The molecular formula is C5H9FN. The molecule has 1 aliphatic rings. The summed E-state index contributed by atoms with van der Waals surface area (Å²) in [4.78, 5) is 0. The monoisotopic (exact) mass is 102 g/mol. The highest BCUT2D eigenvalue weighted by Gasteiger charge is 2.08. The number of alkyl halides is 1. The maximum absolute atomic E-state index is 12.0. The van der Waals surface area contributed by atoms with Gasteiger partial charge in [0.1, 0.15) is 0 Å². The molecule has 1 heterocycles. The summed E-state index contributed by atoms with van der Waals surface area (Å²) in [6.07, 6.45) is 2.83. The van der Waals surface area contributed by atoms with Crippen molar-refractivity contribution in [2.24, 2.45) is 0 Å². The lowest BCUT2D eigenvalue weighted by atomic mass is 10.2. The Kier molecular flexibility index (Phi) is 1.63. The summed E-state index contributed by atoms with van der Waals surface area (Å²) in [6, 6.07) is 0. The van der Waals surface area contributed by atoms with Gasteiger partial charge in [0, 0.05) is 6.42 Å². The lowest BCUT2D eigenvalue weighted by Crippen LogP contribution is -2.30. The highest BCUT2D eigenvalue weighted by Crippen LogP contribution is 2.04. The quantitative estimate of drug-likeness (QED) is 0.447. The van der Waals surface area contributed by atoms with E-state index in [1.165, 1.54) is 0 Å². The Morgan fingerprint density at radius 3 is 2.86 bits per heavy atom. The highest BCUT2D eigenvalue weighted by molar-refractivity contribution is 4.78. The van der Waals surface area contributed by atoms with Crippen LogP contribution in [0.15, 0.2) is 0 Å². The van der Waals surface area contributed by atoms with Gasteiger partial charge in [0.25, 0.3) is 0 Å². The van der Waals surface area contributed by atoms with Gasteiger partial charge in [-0.1, -0.05) is 0 Å². The number of rotatable bonds is 0. The summed E-state index contributed by atoms with van der Waals surface area (Å²) in [5.74, 6) is 0. The van der Waals surface area contributed by atoms with Crippen LogP contribution in [-0.4, -0.2) is 12.8 Å². The molecule has 1 rings (SSSR count). The van der Waals surface area contributed by atoms with Gasteiger partial charge < -0.3 is 0 Å². The number of hydrogen-bond donors (Lipinski definition) is 1. The zero-order valence-electron chi connectivity index (χ0n) is 4.15. The van der Waals surface area contributed by atoms with E-state index >= 15 is 0 Å². The normalized spacial score (nSPS) is 33.0. The molecule has 0 spiro atoms. The molecule has 1 radical (unpaired) electrons. The molecule has 0 bridgehead atoms. The first kappa shape index (κ1) is 5.04. The van der Waals surface area contributed by atoms with Gasteiger partial charge in [0.15, 0.2) is 6.30 Å². The van der Waals surface area contributed by atoms with Gasteiger partial charge in [0.05, 0.1) is 0 Å². The van der Waals surface area contributed by atoms with Crippen LogP contribution in [0.2, 0.25) is 0 Å². The van der Waals surface area contributed by atoms with E-state index in [-0.39, 0.29) is 0 Å². The molecule has 2 heteroatoms. The molecule has 0 amide bonds. The van der Waals surface area contributed by atoms with Crippen LogP contribution in [0.4, 0.5) is 4.39 Å². The largest absolute Gasteiger partial charge is 0.288 e. The predicted octanol–water partition coefficient (Wildman–Crippen LogP) is 0.870. The van der Waals surface area contributed by atoms with Crippen molar-refractivity contribution in [3.05, 3.63) is 6.42 Å². The summed E-state index contributed by atoms with van der Waals surface area (Å²) in [7, 11) is 0. The zero-order valence-corrected chi connectivity index (χ0v) is 4.15. The highest BCUT2D eigenvalue weighted by atomic mass is 19.1. The summed E-state index contributed by atoms with van der Waals surface area (Å²) in [5, 5.41) is 2.66. The predicted molar refractivity (Wildman–Crippen MR) is 26.4 cm³/mol. The Morgan fingerprint density at radius 1 is 1.71 bits per heavy atom. The van der Waals surface area contributed by atoms with Crippen LogP contribution in [0.5, 0.6) is 0 Å². The lowest BCUT2D eigenvalue weighted by Gasteiger charge is -2.14. The first-order valence-electron chi connectivity index (χ1n) is 2.60. The number of piperidine rings is 1. The number of halogens is 1. The summed E-state index contributed by atoms with van der Waals surface area (Å²) in [5.41, 5.74) is 0. The van der Waals surface area contributed by atoms with E-state index in [2.05, 4.69) is 5.32 Å². The minimum atomic E-state index is -0.839. The van der Waals surface area contributed by atoms with Gasteiger partial charge in [-0.25, -0.2) is 4.39 Å². The van der Waals surface area contributed by atoms with Gasteiger partial charge >= 0.3 is 0 Å². The second kappa shape index (κ2) is 2.26. The minimum absolute atomic E-state index is 0.831. The maximum atomic E-state index is 12.0. The summed E-state index contributed by atoms with van der Waals surface area (Å²) >= 11 is 0. The van der Waals surface area contributed by atoms with Crippen LogP contribution in [0.1, 0.15) is 12.8 Å². The fourth-order valence-corrected chi connectivity index (χ4v) is 0.690. The van der Waals surface area contributed by atoms with E-state index in [9.17, 15) is 4.39 Å². The third-order valence-electron chi connectivity index (χ3n) is 1.09. The van der Waals surface area contributed by atoms with Crippen molar-refractivity contribution in [3.63, 3.8) is 0 Å². The standard InChI is InChI=1S/C5H9FN/c6-5-3-1-2-4-7-5/h3,5,7H,1-2,4H2. The topological polar surface area (TPSA) is 12.0 Å². The first-order valence-corrected chi connectivity index (χ1v) is 2.60. The molecule has 1 N–H and O–H groups in total. The molecule has 1 atom stereocenters. The average molecular weight is 102 g/mol. The fourth-order valence-electron chi connectivity index (χ4n) is 0.690. The van der Waals surface area contributed by atoms with Crippen molar-refractivity contribution in [1.29, 1.82) is 0 Å². The smallest absolute Gasteiger partial charge is 0.154 e. The fraction of sp³-hybridized carbons (Fsp3) is 0.800. The van der Waals surface area contributed by atoms with Crippen LogP contribution >= 0.6 is 0 Å². The van der Waals surface area contributed by atoms with Crippen molar-refractivity contribution < 1.29 is 4.39 Å². The second-order valence-electron chi connectivity index (χ2n) is 1.73. The van der Waals surface area contributed by atoms with Crippen LogP contribution in [0.25, 0.3) is 0 Å². The molecule has 0 saturated carbocycles.